The van der Waals surface area contributed by atoms with Crippen molar-refractivity contribution in [1.82, 2.24) is 14.5 Å². The molecule has 0 radical (unpaired) electrons. The zero-order chi connectivity index (χ0) is 32.2. The molecule has 1 aliphatic carbocycles. The number of piperidine rings is 1. The summed E-state index contributed by atoms with van der Waals surface area (Å²) in [6.07, 6.45) is 1.24. The number of likely N-dealkylation sites (tertiary alicyclic amines) is 1. The number of benzene rings is 2. The minimum absolute atomic E-state index is 0.103. The number of aliphatic hydroxyl groups excluding tert-OH is 2. The van der Waals surface area contributed by atoms with Crippen molar-refractivity contribution in [3.63, 3.8) is 0 Å². The molecule has 2 aromatic rings. The standard InChI is InChI=1S/C32H43Cl2N3O6S/c1-4-25(19-36(3)44(42,43)27-12-13-27)37-30(21-8-10-23(33)11-9-21)28(22-6-5-7-24(34)16-22)17-32(2,31(37)41)18-29(40)35-15-14-26(39)20-38/h5-11,16,25-28,30,38-39H,4,12-15,17-20H2,1-3H3,(H,35,40)/t25-,26?,28+,30?,32+/m0/s1. The first-order valence-electron chi connectivity index (χ1n) is 15.1. The smallest absolute Gasteiger partial charge is 0.229 e. The molecular weight excluding hydrogens is 625 g/mol. The molecular formula is C32H43Cl2N3O6S. The summed E-state index contributed by atoms with van der Waals surface area (Å²) in [7, 11) is -1.92. The number of hydrogen-bond acceptors (Lipinski definition) is 6. The van der Waals surface area contributed by atoms with E-state index < -0.39 is 40.2 Å². The first-order valence-corrected chi connectivity index (χ1v) is 17.4. The molecule has 2 aromatic carbocycles. The van der Waals surface area contributed by atoms with Crippen molar-refractivity contribution in [2.75, 3.05) is 26.7 Å². The van der Waals surface area contributed by atoms with Gasteiger partial charge >= 0.3 is 0 Å². The van der Waals surface area contributed by atoms with Crippen molar-refractivity contribution in [3.8, 4) is 0 Å². The van der Waals surface area contributed by atoms with Gasteiger partial charge in [-0.3, -0.25) is 9.59 Å². The number of rotatable bonds is 14. The number of likely N-dealkylation sites (N-methyl/N-ethyl adjacent to an activating group) is 1. The third-order valence-electron chi connectivity index (χ3n) is 8.86. The topological polar surface area (TPSA) is 127 Å². The Kier molecular flexibility index (Phi) is 11.4. The molecule has 2 aliphatic rings. The summed E-state index contributed by atoms with van der Waals surface area (Å²) >= 11 is 12.7. The molecule has 3 N–H and O–H groups in total. The van der Waals surface area contributed by atoms with Gasteiger partial charge in [0, 0.05) is 48.6 Å². The van der Waals surface area contributed by atoms with E-state index in [4.69, 9.17) is 28.3 Å². The van der Waals surface area contributed by atoms with E-state index in [1.807, 2.05) is 37.3 Å². The van der Waals surface area contributed by atoms with Gasteiger partial charge in [-0.1, -0.05) is 61.3 Å². The molecule has 2 unspecified atom stereocenters. The van der Waals surface area contributed by atoms with E-state index in [1.165, 1.54) is 4.31 Å². The number of hydrogen-bond donors (Lipinski definition) is 3. The molecule has 2 fully saturated rings. The van der Waals surface area contributed by atoms with E-state index in [0.717, 1.165) is 11.1 Å². The number of halogens is 2. The number of amides is 2. The van der Waals surface area contributed by atoms with Crippen LogP contribution in [-0.2, 0) is 19.6 Å². The van der Waals surface area contributed by atoms with Crippen molar-refractivity contribution >= 4 is 45.0 Å². The van der Waals surface area contributed by atoms with Crippen LogP contribution in [0.3, 0.4) is 0 Å². The maximum Gasteiger partial charge on any atom is 0.229 e. The van der Waals surface area contributed by atoms with Crippen LogP contribution in [0.2, 0.25) is 10.0 Å². The number of carbonyl (C=O) groups excluding carboxylic acids is 2. The Morgan fingerprint density at radius 2 is 1.82 bits per heavy atom. The minimum atomic E-state index is -3.50. The van der Waals surface area contributed by atoms with E-state index in [1.54, 1.807) is 37.1 Å². The van der Waals surface area contributed by atoms with Gasteiger partial charge in [-0.15, -0.1) is 0 Å². The van der Waals surface area contributed by atoms with Crippen LogP contribution >= 0.6 is 23.2 Å². The van der Waals surface area contributed by atoms with E-state index in [9.17, 15) is 23.1 Å². The molecule has 242 valence electrons. The fourth-order valence-corrected chi connectivity index (χ4v) is 8.21. The second-order valence-electron chi connectivity index (χ2n) is 12.4. The van der Waals surface area contributed by atoms with Crippen LogP contribution in [-0.4, -0.2) is 83.8 Å². The number of carbonyl (C=O) groups is 2. The Balaban J connectivity index is 1.77. The molecule has 4 rings (SSSR count). The Bertz CT molecular complexity index is 1420. The number of nitrogens with zero attached hydrogens (tertiary/aromatic N) is 2. The summed E-state index contributed by atoms with van der Waals surface area (Å²) in [5, 5.41) is 22.3. The average molecular weight is 669 g/mol. The molecule has 9 nitrogen and oxygen atoms in total. The van der Waals surface area contributed by atoms with Crippen molar-refractivity contribution in [3.05, 3.63) is 69.7 Å². The van der Waals surface area contributed by atoms with E-state index >= 15 is 0 Å². The lowest BCUT2D eigenvalue weighted by molar-refractivity contribution is -0.157. The van der Waals surface area contributed by atoms with Crippen molar-refractivity contribution < 1.29 is 28.2 Å². The Hall–Kier alpha value is -2.21. The minimum Gasteiger partial charge on any atom is -0.394 e. The first kappa shape index (κ1) is 34.7. The monoisotopic (exact) mass is 667 g/mol. The van der Waals surface area contributed by atoms with Crippen molar-refractivity contribution in [1.29, 1.82) is 0 Å². The number of nitrogens with one attached hydrogen (secondary N) is 1. The van der Waals surface area contributed by atoms with Gasteiger partial charge in [0.1, 0.15) is 0 Å². The molecule has 5 atom stereocenters. The summed E-state index contributed by atoms with van der Waals surface area (Å²) in [4.78, 5) is 29.7. The molecule has 1 saturated heterocycles. The Morgan fingerprint density at radius 1 is 1.14 bits per heavy atom. The predicted octanol–water partition coefficient (Wildman–Crippen LogP) is 4.51. The molecule has 1 saturated carbocycles. The van der Waals surface area contributed by atoms with Gasteiger partial charge in [0.05, 0.1) is 29.4 Å². The lowest BCUT2D eigenvalue weighted by Gasteiger charge is -2.52. The highest BCUT2D eigenvalue weighted by molar-refractivity contribution is 7.90. The number of sulfonamides is 1. The highest BCUT2D eigenvalue weighted by atomic mass is 35.5. The quantitative estimate of drug-likeness (QED) is 0.272. The van der Waals surface area contributed by atoms with Gasteiger partial charge in [-0.2, -0.15) is 0 Å². The van der Waals surface area contributed by atoms with Crippen LogP contribution in [0, 0.1) is 5.41 Å². The van der Waals surface area contributed by atoms with Gasteiger partial charge in [0.2, 0.25) is 21.8 Å². The third kappa shape index (κ3) is 7.95. The van der Waals surface area contributed by atoms with E-state index in [0.29, 0.717) is 35.7 Å². The van der Waals surface area contributed by atoms with E-state index in [2.05, 4.69) is 5.32 Å². The molecule has 44 heavy (non-hydrogen) atoms. The normalized spacial score (nSPS) is 23.9. The third-order valence-corrected chi connectivity index (χ3v) is 11.7. The van der Waals surface area contributed by atoms with Crippen molar-refractivity contribution in [2.45, 2.75) is 81.7 Å². The zero-order valence-electron chi connectivity index (χ0n) is 25.5. The van der Waals surface area contributed by atoms with Gasteiger partial charge < -0.3 is 20.4 Å². The maximum absolute atomic E-state index is 14.7. The molecule has 0 spiro atoms. The second kappa shape index (κ2) is 14.5. The summed E-state index contributed by atoms with van der Waals surface area (Å²) < 4.78 is 27.7. The zero-order valence-corrected chi connectivity index (χ0v) is 27.8. The number of aliphatic hydroxyl groups is 2. The largest absolute Gasteiger partial charge is 0.394 e. The van der Waals surface area contributed by atoms with Crippen LogP contribution in [0.5, 0.6) is 0 Å². The summed E-state index contributed by atoms with van der Waals surface area (Å²) in [5.41, 5.74) is 0.626. The lowest BCUT2D eigenvalue weighted by Crippen LogP contribution is -2.58. The molecule has 1 aliphatic heterocycles. The first-order chi connectivity index (χ1) is 20.8. The highest BCUT2D eigenvalue weighted by Gasteiger charge is 2.52. The fraction of sp³-hybridized carbons (Fsp3) is 0.562. The van der Waals surface area contributed by atoms with Crippen LogP contribution in [0.4, 0.5) is 0 Å². The molecule has 0 bridgehead atoms. The fourth-order valence-electron chi connectivity index (χ4n) is 6.27. The molecule has 1 heterocycles. The van der Waals surface area contributed by atoms with E-state index in [-0.39, 0.29) is 48.9 Å². The molecule has 2 amide bonds. The SMILES string of the molecule is CC[C@@H](CN(C)S(=O)(=O)C1CC1)N1C(=O)[C@@](C)(CC(=O)NCCC(O)CO)C[C@H](c2cccc(Cl)c2)C1c1ccc(Cl)cc1. The maximum atomic E-state index is 14.7. The highest BCUT2D eigenvalue weighted by Crippen LogP contribution is 2.52. The summed E-state index contributed by atoms with van der Waals surface area (Å²) in [5.74, 6) is -0.853. The molecule has 12 heteroatoms. The predicted molar refractivity (Wildman–Crippen MR) is 172 cm³/mol. The molecule has 0 aromatic heterocycles. The van der Waals surface area contributed by atoms with Gasteiger partial charge in [0.15, 0.2) is 0 Å². The van der Waals surface area contributed by atoms with Gasteiger partial charge in [0.25, 0.3) is 0 Å². The summed E-state index contributed by atoms with van der Waals surface area (Å²) in [6, 6.07) is 13.9. The van der Waals surface area contributed by atoms with Crippen molar-refractivity contribution in [2.24, 2.45) is 5.41 Å². The Morgan fingerprint density at radius 3 is 2.41 bits per heavy atom. The van der Waals surface area contributed by atoms with Gasteiger partial charge in [-0.25, -0.2) is 12.7 Å². The second-order valence-corrected chi connectivity index (χ2v) is 15.6. The Labute approximate surface area is 270 Å². The van der Waals surface area contributed by atoms with Crippen LogP contribution in [0.25, 0.3) is 0 Å². The summed E-state index contributed by atoms with van der Waals surface area (Å²) in [6.45, 7) is 3.60. The lowest BCUT2D eigenvalue weighted by atomic mass is 9.67. The van der Waals surface area contributed by atoms with Crippen LogP contribution < -0.4 is 5.32 Å². The van der Waals surface area contributed by atoms with Crippen LogP contribution in [0.15, 0.2) is 48.5 Å². The average Bonchev–Trinajstić information content (AvgIpc) is 3.84. The van der Waals surface area contributed by atoms with Crippen LogP contribution in [0.1, 0.15) is 75.5 Å². The van der Waals surface area contributed by atoms with Gasteiger partial charge in [-0.05, 0) is 67.5 Å².